The number of rotatable bonds is 6. The monoisotopic (exact) mass is 460 g/mol. The first kappa shape index (κ1) is 22.4. The quantitative estimate of drug-likeness (QED) is 0.376. The Morgan fingerprint density at radius 1 is 1.19 bits per heavy atom. The van der Waals surface area contributed by atoms with Gasteiger partial charge in [-0.25, -0.2) is 9.69 Å². The molecule has 0 saturated carbocycles. The Morgan fingerprint density at radius 2 is 1.94 bits per heavy atom. The van der Waals surface area contributed by atoms with E-state index in [0.717, 1.165) is 4.90 Å². The molecular formula is C22H18Cl2N2O5. The number of ether oxygens (including phenoxy) is 1. The molecule has 3 rings (SSSR count). The second-order valence-corrected chi connectivity index (χ2v) is 7.35. The van der Waals surface area contributed by atoms with Crippen molar-refractivity contribution in [1.82, 2.24) is 5.32 Å². The summed E-state index contributed by atoms with van der Waals surface area (Å²) in [6.07, 6.45) is 3.26. The van der Waals surface area contributed by atoms with Gasteiger partial charge in [0.2, 0.25) is 0 Å². The maximum Gasteiger partial charge on any atom is 0.335 e. The van der Waals surface area contributed by atoms with Gasteiger partial charge < -0.3 is 9.84 Å². The average molecular weight is 461 g/mol. The number of amides is 4. The number of carbonyl (C=O) groups excluding carboxylic acids is 3. The molecule has 4 amide bonds. The minimum atomic E-state index is -0.926. The van der Waals surface area contributed by atoms with E-state index in [0.29, 0.717) is 29.2 Å². The molecule has 0 unspecified atom stereocenters. The van der Waals surface area contributed by atoms with E-state index in [1.54, 1.807) is 19.1 Å². The molecule has 1 saturated heterocycles. The van der Waals surface area contributed by atoms with Gasteiger partial charge in [-0.15, -0.1) is 6.58 Å². The van der Waals surface area contributed by atoms with E-state index in [-0.39, 0.29) is 27.8 Å². The Balaban J connectivity index is 2.08. The number of benzene rings is 2. The van der Waals surface area contributed by atoms with E-state index >= 15 is 0 Å². The van der Waals surface area contributed by atoms with E-state index in [1.807, 2.05) is 0 Å². The first-order valence-electron chi connectivity index (χ1n) is 9.22. The average Bonchev–Trinajstić information content (AvgIpc) is 2.70. The molecule has 1 heterocycles. The minimum Gasteiger partial charge on any atom is -0.504 e. The molecule has 160 valence electrons. The van der Waals surface area contributed by atoms with Gasteiger partial charge in [-0.3, -0.25) is 14.9 Å². The molecule has 0 radical (unpaired) electrons. The minimum absolute atomic E-state index is 0.0481. The molecule has 7 nitrogen and oxygen atoms in total. The van der Waals surface area contributed by atoms with Crippen LogP contribution < -0.4 is 15.0 Å². The number of aromatic hydroxyl groups is 1. The summed E-state index contributed by atoms with van der Waals surface area (Å²) in [6.45, 7) is 5.72. The summed E-state index contributed by atoms with van der Waals surface area (Å²) in [5, 5.41) is 12.9. The van der Waals surface area contributed by atoms with Crippen LogP contribution in [0.3, 0.4) is 0 Å². The molecule has 1 aliphatic heterocycles. The molecule has 0 atom stereocenters. The van der Waals surface area contributed by atoms with Crippen LogP contribution in [0.4, 0.5) is 10.5 Å². The number of nitrogens with one attached hydrogen (secondary N) is 1. The largest absolute Gasteiger partial charge is 0.504 e. The maximum absolute atomic E-state index is 13.1. The van der Waals surface area contributed by atoms with Crippen LogP contribution in [0.1, 0.15) is 18.1 Å². The zero-order chi connectivity index (χ0) is 22.7. The van der Waals surface area contributed by atoms with Crippen LogP contribution in [0.2, 0.25) is 10.0 Å². The van der Waals surface area contributed by atoms with Crippen molar-refractivity contribution in [3.05, 3.63) is 69.7 Å². The number of allylic oxidation sites excluding steroid dienone is 1. The van der Waals surface area contributed by atoms with Gasteiger partial charge in [0.25, 0.3) is 11.8 Å². The highest BCUT2D eigenvalue weighted by Crippen LogP contribution is 2.34. The third kappa shape index (κ3) is 4.57. The summed E-state index contributed by atoms with van der Waals surface area (Å²) in [6, 6.07) is 6.43. The summed E-state index contributed by atoms with van der Waals surface area (Å²) >= 11 is 12.0. The summed E-state index contributed by atoms with van der Waals surface area (Å²) in [5.74, 6) is -1.55. The summed E-state index contributed by atoms with van der Waals surface area (Å²) in [4.78, 5) is 38.6. The Kier molecular flexibility index (Phi) is 6.68. The molecule has 1 fully saturated rings. The molecule has 9 heteroatoms. The second kappa shape index (κ2) is 9.24. The normalized spacial score (nSPS) is 15.3. The zero-order valence-electron chi connectivity index (χ0n) is 16.4. The number of phenols is 1. The molecule has 2 N–H and O–H groups in total. The van der Waals surface area contributed by atoms with Gasteiger partial charge in [0, 0.05) is 10.6 Å². The Morgan fingerprint density at radius 3 is 2.58 bits per heavy atom. The first-order valence-corrected chi connectivity index (χ1v) is 9.98. The number of anilines is 1. The highest BCUT2D eigenvalue weighted by molar-refractivity contribution is 6.42. The molecular weight excluding hydrogens is 443 g/mol. The van der Waals surface area contributed by atoms with Crippen LogP contribution in [-0.4, -0.2) is 29.6 Å². The lowest BCUT2D eigenvalue weighted by Gasteiger charge is -2.27. The number of halogens is 2. The predicted molar refractivity (Wildman–Crippen MR) is 119 cm³/mol. The molecule has 2 aromatic carbocycles. The van der Waals surface area contributed by atoms with Gasteiger partial charge in [0.15, 0.2) is 11.5 Å². The van der Waals surface area contributed by atoms with Gasteiger partial charge in [-0.1, -0.05) is 29.3 Å². The third-order valence-electron chi connectivity index (χ3n) is 4.40. The summed E-state index contributed by atoms with van der Waals surface area (Å²) in [7, 11) is 0. The summed E-state index contributed by atoms with van der Waals surface area (Å²) < 4.78 is 5.45. The fourth-order valence-corrected chi connectivity index (χ4v) is 3.55. The topological polar surface area (TPSA) is 95.9 Å². The number of imide groups is 2. The third-order valence-corrected chi connectivity index (χ3v) is 4.94. The lowest BCUT2D eigenvalue weighted by atomic mass is 10.0. The molecule has 0 spiro atoms. The number of nitrogens with zero attached hydrogens (tertiary/aromatic N) is 1. The van der Waals surface area contributed by atoms with E-state index in [9.17, 15) is 19.5 Å². The smallest absolute Gasteiger partial charge is 0.335 e. The molecule has 0 aliphatic carbocycles. The Hall–Kier alpha value is -3.29. The zero-order valence-corrected chi connectivity index (χ0v) is 18.0. The number of urea groups is 1. The summed E-state index contributed by atoms with van der Waals surface area (Å²) in [5.41, 5.74) is 0.724. The molecule has 0 bridgehead atoms. The van der Waals surface area contributed by atoms with Gasteiger partial charge >= 0.3 is 6.03 Å². The van der Waals surface area contributed by atoms with Crippen molar-refractivity contribution in [3.63, 3.8) is 0 Å². The van der Waals surface area contributed by atoms with Crippen LogP contribution in [0, 0.1) is 0 Å². The standard InChI is InChI=1S/C22H18Cl2N2O5/c1-3-5-13-8-12(10-18(19(13)27)31-4-2)9-15-20(28)25-22(30)26(21(15)29)17-7-6-14(23)11-16(17)24/h3,6-11,27H,1,4-5H2,2H3,(H,25,28,30)/b15-9-. The molecule has 0 aromatic heterocycles. The lowest BCUT2D eigenvalue weighted by Crippen LogP contribution is -2.54. The van der Waals surface area contributed by atoms with E-state index < -0.39 is 17.8 Å². The van der Waals surface area contributed by atoms with E-state index in [1.165, 1.54) is 30.3 Å². The molecule has 2 aromatic rings. The van der Waals surface area contributed by atoms with Crippen molar-refractivity contribution in [2.75, 3.05) is 11.5 Å². The lowest BCUT2D eigenvalue weighted by molar-refractivity contribution is -0.122. The predicted octanol–water partition coefficient (Wildman–Crippen LogP) is 4.49. The number of barbiturate groups is 1. The molecule has 1 aliphatic rings. The van der Waals surface area contributed by atoms with Gasteiger partial charge in [-0.2, -0.15) is 0 Å². The highest BCUT2D eigenvalue weighted by Gasteiger charge is 2.37. The Bertz CT molecular complexity index is 1130. The van der Waals surface area contributed by atoms with Crippen molar-refractivity contribution in [2.45, 2.75) is 13.3 Å². The number of hydrogen-bond donors (Lipinski definition) is 2. The van der Waals surface area contributed by atoms with E-state index in [4.69, 9.17) is 27.9 Å². The first-order chi connectivity index (χ1) is 14.8. The Labute approximate surface area is 188 Å². The number of carbonyl (C=O) groups is 3. The fourth-order valence-electron chi connectivity index (χ4n) is 3.05. The van der Waals surface area contributed by atoms with Crippen LogP contribution in [-0.2, 0) is 16.0 Å². The maximum atomic E-state index is 13.1. The fraction of sp³-hybridized carbons (Fsp3) is 0.136. The van der Waals surface area contributed by atoms with Gasteiger partial charge in [0.1, 0.15) is 5.57 Å². The van der Waals surface area contributed by atoms with E-state index in [2.05, 4.69) is 11.9 Å². The van der Waals surface area contributed by atoms with Crippen molar-refractivity contribution in [1.29, 1.82) is 0 Å². The van der Waals surface area contributed by atoms with Crippen LogP contribution in [0.15, 0.2) is 48.6 Å². The molecule has 31 heavy (non-hydrogen) atoms. The van der Waals surface area contributed by atoms with Crippen LogP contribution in [0.5, 0.6) is 11.5 Å². The van der Waals surface area contributed by atoms with Crippen molar-refractivity contribution in [3.8, 4) is 11.5 Å². The van der Waals surface area contributed by atoms with Gasteiger partial charge in [0.05, 0.1) is 17.3 Å². The van der Waals surface area contributed by atoms with Crippen molar-refractivity contribution in [2.24, 2.45) is 0 Å². The number of hydrogen-bond acceptors (Lipinski definition) is 5. The second-order valence-electron chi connectivity index (χ2n) is 6.51. The van der Waals surface area contributed by atoms with Gasteiger partial charge in [-0.05, 0) is 55.3 Å². The van der Waals surface area contributed by atoms with Crippen molar-refractivity contribution < 1.29 is 24.2 Å². The SMILES string of the molecule is C=CCc1cc(/C=C2/C(=O)NC(=O)N(c3ccc(Cl)cc3Cl)C2=O)cc(OCC)c1O. The number of phenolic OH excluding ortho intramolecular Hbond substituents is 1. The van der Waals surface area contributed by atoms with Crippen LogP contribution in [0.25, 0.3) is 6.08 Å². The highest BCUT2D eigenvalue weighted by atomic mass is 35.5. The van der Waals surface area contributed by atoms with Crippen LogP contribution >= 0.6 is 23.2 Å². The van der Waals surface area contributed by atoms with Crippen molar-refractivity contribution >= 4 is 52.8 Å².